The van der Waals surface area contributed by atoms with Crippen LogP contribution >= 0.6 is 0 Å². The van der Waals surface area contributed by atoms with E-state index in [-0.39, 0.29) is 11.8 Å². The van der Waals surface area contributed by atoms with Crippen molar-refractivity contribution in [1.82, 2.24) is 0 Å². The fourth-order valence-corrected chi connectivity index (χ4v) is 7.13. The monoisotopic (exact) mass is 350 g/mol. The molecule has 0 heterocycles. The summed E-state index contributed by atoms with van der Waals surface area (Å²) >= 11 is 0. The van der Waals surface area contributed by atoms with Crippen LogP contribution in [0, 0.1) is 34.5 Å². The van der Waals surface area contributed by atoms with Crippen molar-refractivity contribution in [2.24, 2.45) is 11.8 Å². The molecule has 0 saturated heterocycles. The predicted octanol–water partition coefficient (Wildman–Crippen LogP) is 4.42. The molecular formula is C17H30N2O2Si2. The van der Waals surface area contributed by atoms with E-state index in [0.29, 0.717) is 0 Å². The molecule has 0 aromatic heterocycles. The minimum absolute atomic E-state index is 0.240. The molecule has 2 aliphatic carbocycles. The van der Waals surface area contributed by atoms with Gasteiger partial charge in [-0.05, 0) is 71.4 Å². The Morgan fingerprint density at radius 1 is 0.783 bits per heavy atom. The highest BCUT2D eigenvalue weighted by molar-refractivity contribution is 6.70. The van der Waals surface area contributed by atoms with Gasteiger partial charge >= 0.3 is 0 Å². The van der Waals surface area contributed by atoms with Crippen molar-refractivity contribution in [3.8, 4) is 12.1 Å². The van der Waals surface area contributed by atoms with E-state index in [1.54, 1.807) is 0 Å². The molecule has 2 fully saturated rings. The van der Waals surface area contributed by atoms with Gasteiger partial charge < -0.3 is 8.85 Å². The summed E-state index contributed by atoms with van der Waals surface area (Å²) in [7, 11) is -3.58. The smallest absolute Gasteiger partial charge is 0.185 e. The van der Waals surface area contributed by atoms with Gasteiger partial charge in [0.25, 0.3) is 0 Å². The molecule has 128 valence electrons. The zero-order chi connectivity index (χ0) is 17.5. The van der Waals surface area contributed by atoms with Crippen molar-refractivity contribution in [1.29, 1.82) is 10.5 Å². The van der Waals surface area contributed by atoms with Crippen molar-refractivity contribution in [2.45, 2.75) is 82.6 Å². The number of nitrogens with zero attached hydrogens (tertiary/aromatic N) is 2. The van der Waals surface area contributed by atoms with Crippen LogP contribution in [0.15, 0.2) is 0 Å². The quantitative estimate of drug-likeness (QED) is 0.704. The van der Waals surface area contributed by atoms with Gasteiger partial charge in [-0.1, -0.05) is 0 Å². The average Bonchev–Trinajstić information content (AvgIpc) is 2.41. The van der Waals surface area contributed by atoms with E-state index in [2.05, 4.69) is 51.4 Å². The lowest BCUT2D eigenvalue weighted by Crippen LogP contribution is -2.58. The molecule has 0 amide bonds. The first-order chi connectivity index (χ1) is 10.5. The molecule has 0 aliphatic heterocycles. The molecule has 2 rings (SSSR count). The van der Waals surface area contributed by atoms with Crippen LogP contribution in [0.4, 0.5) is 0 Å². The Bertz CT molecular complexity index is 493. The van der Waals surface area contributed by atoms with Gasteiger partial charge in [-0.15, -0.1) is 0 Å². The van der Waals surface area contributed by atoms with Gasteiger partial charge in [-0.3, -0.25) is 0 Å². The van der Waals surface area contributed by atoms with Crippen molar-refractivity contribution >= 4 is 16.6 Å². The number of hydrogen-bond acceptors (Lipinski definition) is 4. The Balaban J connectivity index is 2.23. The maximum atomic E-state index is 9.85. The van der Waals surface area contributed by atoms with Crippen LogP contribution < -0.4 is 0 Å². The second-order valence-electron chi connectivity index (χ2n) is 9.14. The minimum atomic E-state index is -1.79. The molecule has 2 bridgehead atoms. The molecule has 0 radical (unpaired) electrons. The van der Waals surface area contributed by atoms with Crippen LogP contribution in [0.5, 0.6) is 0 Å². The summed E-state index contributed by atoms with van der Waals surface area (Å²) in [5.74, 6) is 0.481. The number of nitriles is 2. The highest BCUT2D eigenvalue weighted by atomic mass is 28.4. The Kier molecular flexibility index (Phi) is 4.87. The highest BCUT2D eigenvalue weighted by Gasteiger charge is 2.56. The topological polar surface area (TPSA) is 66.0 Å². The van der Waals surface area contributed by atoms with Crippen LogP contribution in [-0.4, -0.2) is 27.8 Å². The molecule has 0 aromatic rings. The standard InChI is InChI=1S/C17H30N2O2Si2/c1-22(2,3)20-16(12-18)9-7-15-11-14(16)8-10-17(15,13-19)21-23(4,5)6/h14-15H,7-11H2,1-6H3/t14-,15-,16+,17+/m1/s1. The Morgan fingerprint density at radius 3 is 1.39 bits per heavy atom. The van der Waals surface area contributed by atoms with Gasteiger partial charge in [0.05, 0.1) is 12.1 Å². The maximum Gasteiger partial charge on any atom is 0.185 e. The molecule has 6 heteroatoms. The first-order valence-electron chi connectivity index (χ1n) is 8.68. The molecule has 0 spiro atoms. The van der Waals surface area contributed by atoms with E-state index in [1.165, 1.54) is 0 Å². The SMILES string of the molecule is C[Si](C)(C)O[C@]1(C#N)CC[C@@H]2C[C@H]1CC[C@@]2(C#N)O[Si](C)(C)C. The molecule has 0 N–H and O–H groups in total. The lowest BCUT2D eigenvalue weighted by atomic mass is 9.59. The average molecular weight is 351 g/mol. The van der Waals surface area contributed by atoms with Crippen molar-refractivity contribution in [2.75, 3.05) is 0 Å². The highest BCUT2D eigenvalue weighted by Crippen LogP contribution is 2.53. The summed E-state index contributed by atoms with van der Waals surface area (Å²) in [6.45, 7) is 12.9. The normalized spacial score (nSPS) is 37.7. The van der Waals surface area contributed by atoms with Crippen LogP contribution in [0.1, 0.15) is 32.1 Å². The molecule has 0 aromatic carbocycles. The van der Waals surface area contributed by atoms with Crippen LogP contribution in [-0.2, 0) is 8.85 Å². The molecule has 23 heavy (non-hydrogen) atoms. The predicted molar refractivity (Wildman–Crippen MR) is 95.6 cm³/mol. The third kappa shape index (κ3) is 3.88. The van der Waals surface area contributed by atoms with E-state index < -0.39 is 27.8 Å². The third-order valence-corrected chi connectivity index (χ3v) is 6.92. The molecule has 4 atom stereocenters. The minimum Gasteiger partial charge on any atom is -0.400 e. The zero-order valence-corrected chi connectivity index (χ0v) is 17.4. The summed E-state index contributed by atoms with van der Waals surface area (Å²) in [5, 5.41) is 19.7. The molecule has 0 unspecified atom stereocenters. The fourth-order valence-electron chi connectivity index (χ4n) is 4.31. The van der Waals surface area contributed by atoms with Crippen molar-refractivity contribution in [3.05, 3.63) is 0 Å². The Labute approximate surface area is 143 Å². The number of hydrogen-bond donors (Lipinski definition) is 0. The fraction of sp³-hybridized carbons (Fsp3) is 0.882. The van der Waals surface area contributed by atoms with E-state index in [9.17, 15) is 10.5 Å². The second kappa shape index (κ2) is 6.00. The maximum absolute atomic E-state index is 9.85. The summed E-state index contributed by atoms with van der Waals surface area (Å²) < 4.78 is 12.7. The number of rotatable bonds is 4. The molecule has 2 aliphatic rings. The van der Waals surface area contributed by atoms with E-state index in [1.807, 2.05) is 0 Å². The first kappa shape index (κ1) is 18.7. The largest absolute Gasteiger partial charge is 0.400 e. The van der Waals surface area contributed by atoms with Gasteiger partial charge in [0.1, 0.15) is 11.2 Å². The number of fused-ring (bicyclic) bond motifs is 2. The zero-order valence-electron chi connectivity index (χ0n) is 15.4. The Morgan fingerprint density at radius 2 is 1.13 bits per heavy atom. The van der Waals surface area contributed by atoms with E-state index >= 15 is 0 Å². The molecular weight excluding hydrogens is 320 g/mol. The van der Waals surface area contributed by atoms with Gasteiger partial charge in [-0.25, -0.2) is 0 Å². The lowest BCUT2D eigenvalue weighted by Gasteiger charge is -2.53. The van der Waals surface area contributed by atoms with Crippen LogP contribution in [0.2, 0.25) is 39.3 Å². The summed E-state index contributed by atoms with van der Waals surface area (Å²) in [6, 6.07) is 5.04. The second-order valence-corrected chi connectivity index (χ2v) is 18.0. The van der Waals surface area contributed by atoms with Crippen LogP contribution in [0.25, 0.3) is 0 Å². The van der Waals surface area contributed by atoms with E-state index in [0.717, 1.165) is 32.1 Å². The molecule has 4 nitrogen and oxygen atoms in total. The van der Waals surface area contributed by atoms with Crippen molar-refractivity contribution in [3.63, 3.8) is 0 Å². The van der Waals surface area contributed by atoms with Gasteiger partial charge in [-0.2, -0.15) is 10.5 Å². The summed E-state index contributed by atoms with van der Waals surface area (Å²) in [6.07, 6.45) is 4.07. The van der Waals surface area contributed by atoms with Gasteiger partial charge in [0.2, 0.25) is 0 Å². The molecule has 2 saturated carbocycles. The van der Waals surface area contributed by atoms with Gasteiger partial charge in [0.15, 0.2) is 16.6 Å². The lowest BCUT2D eigenvalue weighted by molar-refractivity contribution is -0.0869. The Hall–Kier alpha value is -0.666. The van der Waals surface area contributed by atoms with E-state index in [4.69, 9.17) is 8.85 Å². The van der Waals surface area contributed by atoms with Crippen molar-refractivity contribution < 1.29 is 8.85 Å². The third-order valence-electron chi connectivity index (χ3n) is 4.97. The summed E-state index contributed by atoms with van der Waals surface area (Å²) in [4.78, 5) is 0. The van der Waals surface area contributed by atoms with Crippen LogP contribution in [0.3, 0.4) is 0 Å². The summed E-state index contributed by atoms with van der Waals surface area (Å²) in [5.41, 5.74) is -1.27. The van der Waals surface area contributed by atoms with Gasteiger partial charge in [0, 0.05) is 11.8 Å². The first-order valence-corrected chi connectivity index (χ1v) is 15.5.